The summed E-state index contributed by atoms with van der Waals surface area (Å²) in [6, 6.07) is 8.75. The number of halogens is 1. The smallest absolute Gasteiger partial charge is 0.231 e. The maximum absolute atomic E-state index is 12.4. The number of pyridine rings is 1. The number of carbonyl (C=O) groups excluding carboxylic acids is 1. The van der Waals surface area contributed by atoms with E-state index in [1.807, 2.05) is 6.07 Å². The van der Waals surface area contributed by atoms with Gasteiger partial charge in [0, 0.05) is 23.8 Å². The molecular weight excluding hydrogens is 302 g/mol. The van der Waals surface area contributed by atoms with Gasteiger partial charge in [-0.3, -0.25) is 9.78 Å². The summed E-state index contributed by atoms with van der Waals surface area (Å²) in [5, 5.41) is 9.43. The van der Waals surface area contributed by atoms with Crippen LogP contribution in [0.1, 0.15) is 11.1 Å². The van der Waals surface area contributed by atoms with Gasteiger partial charge in [-0.15, -0.1) is 0 Å². The van der Waals surface area contributed by atoms with Crippen LogP contribution >= 0.6 is 11.6 Å². The van der Waals surface area contributed by atoms with Gasteiger partial charge in [0.1, 0.15) is 11.8 Å². The summed E-state index contributed by atoms with van der Waals surface area (Å²) in [6.07, 6.45) is 3.12. The van der Waals surface area contributed by atoms with Gasteiger partial charge in [0.2, 0.25) is 5.91 Å². The zero-order valence-corrected chi connectivity index (χ0v) is 13.0. The summed E-state index contributed by atoms with van der Waals surface area (Å²) >= 11 is 5.97. The molecule has 1 heterocycles. The van der Waals surface area contributed by atoms with Gasteiger partial charge in [0.15, 0.2) is 0 Å². The lowest BCUT2D eigenvalue weighted by Crippen LogP contribution is -2.28. The largest absolute Gasteiger partial charge is 0.496 e. The van der Waals surface area contributed by atoms with Crippen molar-refractivity contribution in [1.82, 2.24) is 4.98 Å². The average molecular weight is 316 g/mol. The lowest BCUT2D eigenvalue weighted by molar-refractivity contribution is -0.117. The molecule has 0 atom stereocenters. The van der Waals surface area contributed by atoms with Crippen molar-refractivity contribution in [3.05, 3.63) is 52.8 Å². The van der Waals surface area contributed by atoms with Crippen LogP contribution < -0.4 is 9.64 Å². The van der Waals surface area contributed by atoms with E-state index in [-0.39, 0.29) is 12.3 Å². The molecule has 0 spiro atoms. The lowest BCUT2D eigenvalue weighted by atomic mass is 10.1. The average Bonchev–Trinajstić information content (AvgIpc) is 2.54. The molecule has 6 heteroatoms. The molecular formula is C16H14ClN3O2. The Hall–Kier alpha value is -2.58. The van der Waals surface area contributed by atoms with Gasteiger partial charge in [-0.1, -0.05) is 11.6 Å². The highest BCUT2D eigenvalue weighted by Gasteiger charge is 2.15. The first-order valence-electron chi connectivity index (χ1n) is 6.49. The van der Waals surface area contributed by atoms with E-state index < -0.39 is 0 Å². The topological polar surface area (TPSA) is 66.2 Å². The molecule has 0 unspecified atom stereocenters. The molecule has 0 N–H and O–H groups in total. The molecule has 0 radical (unpaired) electrons. The third-order valence-electron chi connectivity index (χ3n) is 3.20. The number of benzene rings is 1. The number of nitrogens with zero attached hydrogens (tertiary/aromatic N) is 3. The highest BCUT2D eigenvalue weighted by atomic mass is 35.5. The summed E-state index contributed by atoms with van der Waals surface area (Å²) in [5.74, 6) is 0.451. The third kappa shape index (κ3) is 3.54. The molecule has 2 aromatic rings. The Bertz CT molecular complexity index is 740. The first-order chi connectivity index (χ1) is 10.5. The van der Waals surface area contributed by atoms with Gasteiger partial charge < -0.3 is 9.64 Å². The molecule has 112 valence electrons. The van der Waals surface area contributed by atoms with E-state index in [2.05, 4.69) is 4.98 Å². The van der Waals surface area contributed by atoms with Crippen molar-refractivity contribution in [2.24, 2.45) is 0 Å². The number of rotatable bonds is 4. The maximum atomic E-state index is 12.4. The van der Waals surface area contributed by atoms with Gasteiger partial charge in [-0.05, 0) is 24.3 Å². The second kappa shape index (κ2) is 6.92. The van der Waals surface area contributed by atoms with Crippen LogP contribution in [0.15, 0.2) is 36.7 Å². The first kappa shape index (κ1) is 15.8. The molecule has 0 saturated heterocycles. The van der Waals surface area contributed by atoms with Crippen molar-refractivity contribution < 1.29 is 9.53 Å². The number of ether oxygens (including phenoxy) is 1. The molecule has 2 rings (SSSR count). The number of amides is 1. The van der Waals surface area contributed by atoms with Crippen LogP contribution in [0, 0.1) is 11.3 Å². The summed E-state index contributed by atoms with van der Waals surface area (Å²) in [4.78, 5) is 17.8. The van der Waals surface area contributed by atoms with E-state index in [9.17, 15) is 4.79 Å². The van der Waals surface area contributed by atoms with Crippen LogP contribution in [0.2, 0.25) is 5.02 Å². The van der Waals surface area contributed by atoms with Crippen molar-refractivity contribution in [2.45, 2.75) is 6.42 Å². The predicted molar refractivity (Wildman–Crippen MR) is 84.1 cm³/mol. The maximum Gasteiger partial charge on any atom is 0.231 e. The van der Waals surface area contributed by atoms with E-state index in [0.29, 0.717) is 27.6 Å². The Morgan fingerprint density at radius 2 is 2.18 bits per heavy atom. The number of methoxy groups -OCH3 is 1. The van der Waals surface area contributed by atoms with Crippen molar-refractivity contribution in [3.8, 4) is 11.8 Å². The third-order valence-corrected chi connectivity index (χ3v) is 3.43. The lowest BCUT2D eigenvalue weighted by Gasteiger charge is -2.18. The summed E-state index contributed by atoms with van der Waals surface area (Å²) in [6.45, 7) is 0. The molecule has 0 saturated carbocycles. The van der Waals surface area contributed by atoms with Crippen molar-refractivity contribution >= 4 is 23.2 Å². The number of aromatic nitrogens is 1. The van der Waals surface area contributed by atoms with Gasteiger partial charge in [-0.25, -0.2) is 0 Å². The molecule has 5 nitrogen and oxygen atoms in total. The number of anilines is 1. The van der Waals surface area contributed by atoms with E-state index in [1.165, 1.54) is 17.3 Å². The normalized spacial score (nSPS) is 9.91. The highest BCUT2D eigenvalue weighted by molar-refractivity contribution is 6.30. The van der Waals surface area contributed by atoms with Gasteiger partial charge >= 0.3 is 0 Å². The first-order valence-corrected chi connectivity index (χ1v) is 6.87. The fraction of sp³-hybridized carbons (Fsp3) is 0.188. The van der Waals surface area contributed by atoms with Gasteiger partial charge in [0.25, 0.3) is 0 Å². The molecule has 0 aliphatic carbocycles. The van der Waals surface area contributed by atoms with E-state index in [1.54, 1.807) is 38.4 Å². The molecule has 1 amide bonds. The number of hydrogen-bond donors (Lipinski definition) is 0. The van der Waals surface area contributed by atoms with Crippen molar-refractivity contribution in [2.75, 3.05) is 19.1 Å². The zero-order chi connectivity index (χ0) is 16.1. The summed E-state index contributed by atoms with van der Waals surface area (Å²) in [7, 11) is 3.18. The van der Waals surface area contributed by atoms with Crippen molar-refractivity contribution in [3.63, 3.8) is 0 Å². The standard InChI is InChI=1S/C16H14ClN3O2/c1-20(14-5-11(8-18)9-19-10-14)16(21)7-12-6-13(17)3-4-15(12)22-2/h3-6,9-10H,7H2,1-2H3. The van der Waals surface area contributed by atoms with Gasteiger partial charge in [-0.2, -0.15) is 5.26 Å². The second-order valence-corrected chi connectivity index (χ2v) is 5.07. The molecule has 0 aliphatic heterocycles. The van der Waals surface area contributed by atoms with Crippen LogP contribution in [-0.2, 0) is 11.2 Å². The Kier molecular flexibility index (Phi) is 4.97. The Morgan fingerprint density at radius 1 is 1.41 bits per heavy atom. The Labute approximate surface area is 133 Å². The number of nitriles is 1. The van der Waals surface area contributed by atoms with Crippen LogP contribution in [0.4, 0.5) is 5.69 Å². The number of likely N-dealkylation sites (N-methyl/N-ethyl adjacent to an activating group) is 1. The molecule has 1 aromatic heterocycles. The molecule has 22 heavy (non-hydrogen) atoms. The predicted octanol–water partition coefficient (Wildman–Crippen LogP) is 2.82. The van der Waals surface area contributed by atoms with Crippen LogP contribution in [0.5, 0.6) is 5.75 Å². The minimum atomic E-state index is -0.155. The van der Waals surface area contributed by atoms with Crippen LogP contribution in [0.3, 0.4) is 0 Å². The van der Waals surface area contributed by atoms with Crippen LogP contribution in [0.25, 0.3) is 0 Å². The fourth-order valence-corrected chi connectivity index (χ4v) is 2.18. The Balaban J connectivity index is 2.21. The van der Waals surface area contributed by atoms with E-state index in [4.69, 9.17) is 21.6 Å². The number of carbonyl (C=O) groups is 1. The Morgan fingerprint density at radius 3 is 2.86 bits per heavy atom. The summed E-state index contributed by atoms with van der Waals surface area (Å²) in [5.41, 5.74) is 1.67. The number of hydrogen-bond acceptors (Lipinski definition) is 4. The van der Waals surface area contributed by atoms with Gasteiger partial charge in [0.05, 0.1) is 31.0 Å². The minimum Gasteiger partial charge on any atom is -0.496 e. The minimum absolute atomic E-state index is 0.136. The SMILES string of the molecule is COc1ccc(Cl)cc1CC(=O)N(C)c1cncc(C#N)c1. The molecule has 0 aliphatic rings. The van der Waals surface area contributed by atoms with E-state index in [0.717, 1.165) is 0 Å². The van der Waals surface area contributed by atoms with Crippen LogP contribution in [-0.4, -0.2) is 25.0 Å². The molecule has 0 bridgehead atoms. The zero-order valence-electron chi connectivity index (χ0n) is 12.2. The molecule has 0 fully saturated rings. The monoisotopic (exact) mass is 315 g/mol. The molecule has 1 aromatic carbocycles. The second-order valence-electron chi connectivity index (χ2n) is 4.63. The fourth-order valence-electron chi connectivity index (χ4n) is 1.98. The van der Waals surface area contributed by atoms with E-state index >= 15 is 0 Å². The quantitative estimate of drug-likeness (QED) is 0.870. The highest BCUT2D eigenvalue weighted by Crippen LogP contribution is 2.24. The summed E-state index contributed by atoms with van der Waals surface area (Å²) < 4.78 is 5.24. The van der Waals surface area contributed by atoms with Crippen molar-refractivity contribution in [1.29, 1.82) is 5.26 Å².